The number of aliphatic hydroxyl groups excluding tert-OH is 1. The predicted molar refractivity (Wildman–Crippen MR) is 212 cm³/mol. The zero-order valence-corrected chi connectivity index (χ0v) is 36.6. The van der Waals surface area contributed by atoms with Crippen LogP contribution in [0.4, 0.5) is 35.5 Å². The highest BCUT2D eigenvalue weighted by molar-refractivity contribution is 7.91. The Morgan fingerprint density at radius 2 is 1.72 bits per heavy atom. The normalized spacial score (nSPS) is 29.3. The zero-order valence-electron chi connectivity index (χ0n) is 35.8. The maximum absolute atomic E-state index is 14.6. The van der Waals surface area contributed by atoms with E-state index in [0.29, 0.717) is 39.5 Å². The van der Waals surface area contributed by atoms with Gasteiger partial charge in [0.25, 0.3) is 5.91 Å². The van der Waals surface area contributed by atoms with Crippen LogP contribution in [0.2, 0.25) is 0 Å². The van der Waals surface area contributed by atoms with Gasteiger partial charge < -0.3 is 34.7 Å². The highest BCUT2D eigenvalue weighted by Crippen LogP contribution is 2.50. The van der Waals surface area contributed by atoms with Crippen LogP contribution in [0.15, 0.2) is 18.2 Å². The highest BCUT2D eigenvalue weighted by atomic mass is 32.2. The van der Waals surface area contributed by atoms with Gasteiger partial charge >= 0.3 is 18.4 Å². The lowest BCUT2D eigenvalue weighted by atomic mass is 9.86. The number of fused-ring (bicyclic) bond motifs is 3. The number of hydrogen-bond donors (Lipinski definition) is 4. The molecule has 0 radical (unpaired) electrons. The van der Waals surface area contributed by atoms with Crippen molar-refractivity contribution in [1.29, 1.82) is 0 Å². The molecule has 1 aromatic heterocycles. The summed E-state index contributed by atoms with van der Waals surface area (Å²) in [5, 5.41) is 17.3. The van der Waals surface area contributed by atoms with Gasteiger partial charge in [-0.05, 0) is 69.9 Å². The third kappa shape index (κ3) is 10.2. The molecule has 1 unspecified atom stereocenters. The topological polar surface area (TPSA) is 208 Å². The molecule has 4 N–H and O–H groups in total. The van der Waals surface area contributed by atoms with Crippen LogP contribution in [0.1, 0.15) is 84.3 Å². The van der Waals surface area contributed by atoms with Crippen molar-refractivity contribution >= 4 is 39.0 Å². The summed E-state index contributed by atoms with van der Waals surface area (Å²) in [4.78, 5) is 50.8. The summed E-state index contributed by atoms with van der Waals surface area (Å²) < 4.78 is 147. The maximum Gasteiger partial charge on any atom is 0.438 e. The Bertz CT molecular complexity index is 2180. The van der Waals surface area contributed by atoms with Crippen LogP contribution < -0.4 is 24.8 Å². The van der Waals surface area contributed by atoms with Crippen LogP contribution in [0.25, 0.3) is 11.0 Å². The molecule has 0 bridgehead atoms. The van der Waals surface area contributed by atoms with E-state index in [-0.39, 0.29) is 55.0 Å². The van der Waals surface area contributed by atoms with Crippen molar-refractivity contribution in [3.8, 4) is 11.6 Å². The second kappa shape index (κ2) is 18.2. The molecule has 2 aliphatic carbocycles. The first kappa shape index (κ1) is 49.2. The monoisotopic (exact) mass is 942 g/mol. The van der Waals surface area contributed by atoms with E-state index in [1.165, 1.54) is 32.4 Å². The Hall–Kier alpha value is -4.29. The number of nitrogens with zero attached hydrogens (tertiary/aromatic N) is 3. The first-order valence-corrected chi connectivity index (χ1v) is 22.3. The molecule has 2 aromatic rings. The number of hydrogen-bond acceptors (Lipinski definition) is 13. The van der Waals surface area contributed by atoms with Crippen LogP contribution in [0.3, 0.4) is 0 Å². The molecule has 4 fully saturated rings. The molecule has 3 amide bonds. The molecule has 24 heteroatoms. The van der Waals surface area contributed by atoms with E-state index in [4.69, 9.17) is 18.9 Å². The number of alkyl carbamates (subject to hydrolysis) is 1. The van der Waals surface area contributed by atoms with Gasteiger partial charge in [-0.2, -0.15) is 26.3 Å². The fourth-order valence-electron chi connectivity index (χ4n) is 8.58. The van der Waals surface area contributed by atoms with Gasteiger partial charge in [-0.15, -0.1) is 0 Å². The van der Waals surface area contributed by atoms with Crippen LogP contribution in [-0.4, -0.2) is 127 Å². The second-order valence-corrected chi connectivity index (χ2v) is 19.9. The summed E-state index contributed by atoms with van der Waals surface area (Å²) in [7, 11) is -1.91. The predicted octanol–water partition coefficient (Wildman–Crippen LogP) is 4.92. The smallest absolute Gasteiger partial charge is 0.438 e. The lowest BCUT2D eigenvalue weighted by Gasteiger charge is -2.39. The summed E-state index contributed by atoms with van der Waals surface area (Å²) in [5.74, 6) is -4.54. The van der Waals surface area contributed by atoms with Crippen LogP contribution in [0, 0.1) is 17.8 Å². The van der Waals surface area contributed by atoms with Gasteiger partial charge in [0.15, 0.2) is 0 Å². The number of benzene rings is 1. The summed E-state index contributed by atoms with van der Waals surface area (Å²) in [6.45, 7) is 1.09. The average Bonchev–Trinajstić information content (AvgIpc) is 4.11. The molecular formula is C40H53F7N6O10S. The number of aromatic nitrogens is 2. The summed E-state index contributed by atoms with van der Waals surface area (Å²) in [6, 6.07) is 0.766. The van der Waals surface area contributed by atoms with Crippen molar-refractivity contribution < 1.29 is 77.6 Å². The Balaban J connectivity index is 1.41. The summed E-state index contributed by atoms with van der Waals surface area (Å²) in [6.07, 6.45) is -13.6. The van der Waals surface area contributed by atoms with E-state index in [9.17, 15) is 58.6 Å². The Labute approximate surface area is 364 Å². The Kier molecular flexibility index (Phi) is 14.0. The molecule has 3 heterocycles. The summed E-state index contributed by atoms with van der Waals surface area (Å²) >= 11 is 0. The standard InChI is InChI=1S/C40H53F7N6O10S/c1-21-8-6-7-9-23-17-38(23,34(56)52-64(58,59)37(20-41)12-13-37)51-31(54)28-16-25(62-32-30(39(42,43)44)48-26-11-10-24(61-5)15-27(26)49-32)18-53(28)33(55)29(22(14-21)19-60-4)50-35(57)63-36(2,3)40(45,46)47/h10-11,15,21-23,25,28-29,33,55H,6-9,12-14,16-20H2,1-5H3,(H,50,57)(H,51,54)(H,52,56)/t21-,22+,23-,25-,28+,29+,33?,38-/m1/s1. The number of rotatable bonds is 11. The molecule has 2 aliphatic heterocycles. The number of carbonyl (C=O) groups excluding carboxylic acids is 3. The SMILES string of the molecule is COC[C@@H]1C[C@H](C)CCCC[C@@H]2C[C@@]2(C(=O)NS(=O)(=O)C2(CF)CC2)NC(=O)[C@@H]2C[C@@H](Oc3nc4cc(OC)ccc4nc3C(F)(F)F)CN2C(O)[C@H]1NC(=O)OC(C)(C)C(F)(F)F. The van der Waals surface area contributed by atoms with Gasteiger partial charge in [-0.25, -0.2) is 27.6 Å². The Morgan fingerprint density at radius 1 is 1.03 bits per heavy atom. The molecule has 358 valence electrons. The fraction of sp³-hybridized carbons (Fsp3) is 0.725. The van der Waals surface area contributed by atoms with Gasteiger partial charge in [0.1, 0.15) is 35.0 Å². The lowest BCUT2D eigenvalue weighted by molar-refractivity contribution is -0.244. The molecular weight excluding hydrogens is 890 g/mol. The first-order valence-electron chi connectivity index (χ1n) is 20.8. The molecule has 4 aliphatic rings. The highest BCUT2D eigenvalue weighted by Gasteiger charge is 2.64. The number of carbonyl (C=O) groups is 3. The Morgan fingerprint density at radius 3 is 2.33 bits per heavy atom. The zero-order chi connectivity index (χ0) is 47.2. The van der Waals surface area contributed by atoms with Crippen molar-refractivity contribution in [3.63, 3.8) is 0 Å². The fourth-order valence-corrected chi connectivity index (χ4v) is 10.0. The van der Waals surface area contributed by atoms with E-state index in [1.54, 1.807) is 0 Å². The maximum atomic E-state index is 14.6. The van der Waals surface area contributed by atoms with Crippen molar-refractivity contribution in [1.82, 2.24) is 30.2 Å². The number of methoxy groups -OCH3 is 2. The van der Waals surface area contributed by atoms with Gasteiger partial charge in [-0.3, -0.25) is 19.2 Å². The molecule has 6 rings (SSSR count). The number of nitrogens with one attached hydrogen (secondary N) is 3. The first-order chi connectivity index (χ1) is 29.8. The third-order valence-electron chi connectivity index (χ3n) is 12.8. The number of alkyl halides is 7. The van der Waals surface area contributed by atoms with Gasteiger partial charge in [0.2, 0.25) is 33.1 Å². The van der Waals surface area contributed by atoms with Crippen LogP contribution >= 0.6 is 0 Å². The second-order valence-electron chi connectivity index (χ2n) is 17.9. The van der Waals surface area contributed by atoms with Gasteiger partial charge in [0, 0.05) is 32.1 Å². The number of ether oxygens (including phenoxy) is 4. The minimum Gasteiger partial charge on any atom is -0.497 e. The number of aliphatic hydroxyl groups is 1. The van der Waals surface area contributed by atoms with Crippen molar-refractivity contribution in [2.75, 3.05) is 34.0 Å². The minimum absolute atomic E-state index is 0.0283. The third-order valence-corrected chi connectivity index (χ3v) is 14.9. The van der Waals surface area contributed by atoms with Crippen molar-refractivity contribution in [2.24, 2.45) is 17.8 Å². The van der Waals surface area contributed by atoms with Gasteiger partial charge in [-0.1, -0.05) is 26.2 Å². The van der Waals surface area contributed by atoms with E-state index < -0.39 is 124 Å². The van der Waals surface area contributed by atoms with Crippen LogP contribution in [0.5, 0.6) is 11.6 Å². The number of amides is 3. The average molecular weight is 943 g/mol. The molecule has 2 saturated carbocycles. The quantitative estimate of drug-likeness (QED) is 0.221. The van der Waals surface area contributed by atoms with E-state index in [2.05, 4.69) is 20.6 Å². The van der Waals surface area contributed by atoms with Crippen molar-refractivity contribution in [2.45, 2.75) is 131 Å². The molecule has 1 aromatic carbocycles. The minimum atomic E-state index is -5.11. The van der Waals surface area contributed by atoms with E-state index in [0.717, 1.165) is 4.90 Å². The molecule has 64 heavy (non-hydrogen) atoms. The number of sulfonamides is 1. The van der Waals surface area contributed by atoms with Crippen molar-refractivity contribution in [3.05, 3.63) is 23.9 Å². The molecule has 2 saturated heterocycles. The van der Waals surface area contributed by atoms with E-state index >= 15 is 0 Å². The largest absolute Gasteiger partial charge is 0.497 e. The molecule has 0 spiro atoms. The van der Waals surface area contributed by atoms with Crippen LogP contribution in [-0.2, 0) is 35.3 Å². The summed E-state index contributed by atoms with van der Waals surface area (Å²) in [5.41, 5.74) is -6.59. The van der Waals surface area contributed by atoms with Gasteiger partial charge in [0.05, 0.1) is 36.8 Å². The number of halogens is 7. The molecule has 16 nitrogen and oxygen atoms in total. The van der Waals surface area contributed by atoms with E-state index in [1.807, 2.05) is 11.6 Å². The molecule has 8 atom stereocenters. The lowest BCUT2D eigenvalue weighted by Crippen LogP contribution is -2.62.